The van der Waals surface area contributed by atoms with E-state index in [9.17, 15) is 0 Å². The fourth-order valence-electron chi connectivity index (χ4n) is 1.80. The predicted molar refractivity (Wildman–Crippen MR) is 74.5 cm³/mol. The van der Waals surface area contributed by atoms with E-state index in [0.29, 0.717) is 6.04 Å². The Morgan fingerprint density at radius 2 is 1.94 bits per heavy atom. The Bertz CT molecular complexity index is 483. The Labute approximate surface area is 109 Å². The van der Waals surface area contributed by atoms with Crippen LogP contribution in [0.1, 0.15) is 30.7 Å². The van der Waals surface area contributed by atoms with Crippen LogP contribution in [0.4, 0.5) is 0 Å². The molecular formula is C15H21N3. The highest BCUT2D eigenvalue weighted by molar-refractivity contribution is 5.21. The molecule has 1 N–H and O–H groups in total. The molecule has 0 amide bonds. The molecule has 2 rings (SSSR count). The molecule has 1 aromatic heterocycles. The first-order valence-corrected chi connectivity index (χ1v) is 6.43. The lowest BCUT2D eigenvalue weighted by Crippen LogP contribution is -2.21. The molecule has 0 fully saturated rings. The molecule has 3 heteroatoms. The van der Waals surface area contributed by atoms with Gasteiger partial charge in [-0.3, -0.25) is 0 Å². The second kappa shape index (κ2) is 5.83. The first-order valence-electron chi connectivity index (χ1n) is 6.43. The number of hydrogen-bond acceptors (Lipinski definition) is 2. The summed E-state index contributed by atoms with van der Waals surface area (Å²) in [6.45, 7) is 8.11. The first kappa shape index (κ1) is 12.8. The zero-order chi connectivity index (χ0) is 13.0. The second-order valence-electron chi connectivity index (χ2n) is 5.06. The molecule has 0 aliphatic rings. The van der Waals surface area contributed by atoms with Gasteiger partial charge >= 0.3 is 0 Å². The van der Waals surface area contributed by atoms with Gasteiger partial charge in [0.2, 0.25) is 0 Å². The summed E-state index contributed by atoms with van der Waals surface area (Å²) in [6, 6.07) is 9.12. The predicted octanol–water partition coefficient (Wildman–Crippen LogP) is 2.74. The third kappa shape index (κ3) is 3.70. The molecule has 0 saturated heterocycles. The molecule has 0 spiro atoms. The first-order chi connectivity index (χ1) is 8.63. The molecule has 0 radical (unpaired) electrons. The van der Waals surface area contributed by atoms with Crippen molar-refractivity contribution in [2.24, 2.45) is 0 Å². The van der Waals surface area contributed by atoms with Gasteiger partial charge in [0.15, 0.2) is 0 Å². The number of nitrogens with one attached hydrogen (secondary N) is 1. The Morgan fingerprint density at radius 1 is 1.22 bits per heavy atom. The van der Waals surface area contributed by atoms with Gasteiger partial charge in [0.05, 0.1) is 12.0 Å². The van der Waals surface area contributed by atoms with Crippen LogP contribution in [0.15, 0.2) is 36.8 Å². The molecule has 0 atom stereocenters. The third-order valence-electron chi connectivity index (χ3n) is 2.86. The fraction of sp³-hybridized carbons (Fsp3) is 0.400. The highest BCUT2D eigenvalue weighted by Gasteiger charge is 2.00. The third-order valence-corrected chi connectivity index (χ3v) is 2.86. The number of imidazole rings is 1. The van der Waals surface area contributed by atoms with Gasteiger partial charge in [-0.15, -0.1) is 0 Å². The van der Waals surface area contributed by atoms with Crippen LogP contribution >= 0.6 is 0 Å². The van der Waals surface area contributed by atoms with Gasteiger partial charge in [0.1, 0.15) is 0 Å². The molecule has 0 unspecified atom stereocenters. The van der Waals surface area contributed by atoms with Gasteiger partial charge in [-0.2, -0.15) is 0 Å². The second-order valence-corrected chi connectivity index (χ2v) is 5.06. The lowest BCUT2D eigenvalue weighted by atomic mass is 10.1. The minimum absolute atomic E-state index is 0.493. The van der Waals surface area contributed by atoms with E-state index in [1.165, 1.54) is 11.1 Å². The Morgan fingerprint density at radius 3 is 2.61 bits per heavy atom. The topological polar surface area (TPSA) is 29.9 Å². The largest absolute Gasteiger partial charge is 0.333 e. The average molecular weight is 243 g/mol. The molecule has 0 bridgehead atoms. The zero-order valence-electron chi connectivity index (χ0n) is 11.4. The summed E-state index contributed by atoms with van der Waals surface area (Å²) >= 11 is 0. The van der Waals surface area contributed by atoms with Crippen LogP contribution in [0, 0.1) is 6.92 Å². The normalized spacial score (nSPS) is 11.1. The fourth-order valence-corrected chi connectivity index (χ4v) is 1.80. The van der Waals surface area contributed by atoms with Gasteiger partial charge in [-0.05, 0) is 12.5 Å². The van der Waals surface area contributed by atoms with E-state index in [1.807, 2.05) is 6.33 Å². The van der Waals surface area contributed by atoms with Gasteiger partial charge in [0.25, 0.3) is 0 Å². The van der Waals surface area contributed by atoms with E-state index < -0.39 is 0 Å². The number of nitrogens with zero attached hydrogens (tertiary/aromatic N) is 2. The number of aryl methyl sites for hydroxylation is 1. The molecule has 18 heavy (non-hydrogen) atoms. The van der Waals surface area contributed by atoms with Crippen LogP contribution in [0.3, 0.4) is 0 Å². The smallest absolute Gasteiger partial charge is 0.0953 e. The standard InChI is InChI=1S/C15H21N3/c1-12(2)16-8-15-10-18(11-17-15)9-14-6-4-13(3)5-7-14/h4-7,10-12,16H,8-9H2,1-3H3. The Balaban J connectivity index is 1.95. The van der Waals surface area contributed by atoms with Crippen molar-refractivity contribution >= 4 is 0 Å². The van der Waals surface area contributed by atoms with E-state index in [2.05, 4.69) is 66.1 Å². The van der Waals surface area contributed by atoms with E-state index in [0.717, 1.165) is 18.8 Å². The van der Waals surface area contributed by atoms with Crippen LogP contribution in [0.25, 0.3) is 0 Å². The molecule has 0 aliphatic heterocycles. The molecule has 0 saturated carbocycles. The maximum Gasteiger partial charge on any atom is 0.0953 e. The van der Waals surface area contributed by atoms with Crippen LogP contribution in [-0.2, 0) is 13.1 Å². The molecule has 1 aromatic carbocycles. The van der Waals surface area contributed by atoms with Gasteiger partial charge < -0.3 is 9.88 Å². The molecular weight excluding hydrogens is 222 g/mol. The zero-order valence-corrected chi connectivity index (χ0v) is 11.4. The van der Waals surface area contributed by atoms with Crippen molar-refractivity contribution in [2.75, 3.05) is 0 Å². The van der Waals surface area contributed by atoms with Crippen molar-refractivity contribution in [1.29, 1.82) is 0 Å². The van der Waals surface area contributed by atoms with E-state index in [1.54, 1.807) is 0 Å². The van der Waals surface area contributed by atoms with Crippen molar-refractivity contribution in [1.82, 2.24) is 14.9 Å². The van der Waals surface area contributed by atoms with Crippen molar-refractivity contribution in [3.05, 3.63) is 53.6 Å². The lowest BCUT2D eigenvalue weighted by Gasteiger charge is -2.05. The Kier molecular flexibility index (Phi) is 4.15. The number of benzene rings is 1. The summed E-state index contributed by atoms with van der Waals surface area (Å²) in [4.78, 5) is 4.40. The highest BCUT2D eigenvalue weighted by Crippen LogP contribution is 2.06. The van der Waals surface area contributed by atoms with Crippen molar-refractivity contribution < 1.29 is 0 Å². The molecule has 0 aliphatic carbocycles. The summed E-state index contributed by atoms with van der Waals surface area (Å²) in [5.41, 5.74) is 3.70. The number of hydrogen-bond donors (Lipinski definition) is 1. The average Bonchev–Trinajstić information content (AvgIpc) is 2.77. The summed E-state index contributed by atoms with van der Waals surface area (Å²) in [5.74, 6) is 0. The van der Waals surface area contributed by atoms with Crippen molar-refractivity contribution in [3.63, 3.8) is 0 Å². The lowest BCUT2D eigenvalue weighted by molar-refractivity contribution is 0.582. The minimum Gasteiger partial charge on any atom is -0.333 e. The van der Waals surface area contributed by atoms with Crippen LogP contribution in [0.2, 0.25) is 0 Å². The van der Waals surface area contributed by atoms with Gasteiger partial charge in [-0.25, -0.2) is 4.98 Å². The summed E-state index contributed by atoms with van der Waals surface area (Å²) in [6.07, 6.45) is 4.01. The van der Waals surface area contributed by atoms with Crippen LogP contribution in [0.5, 0.6) is 0 Å². The maximum absolute atomic E-state index is 4.40. The van der Waals surface area contributed by atoms with Crippen molar-refractivity contribution in [2.45, 2.75) is 39.9 Å². The van der Waals surface area contributed by atoms with E-state index in [-0.39, 0.29) is 0 Å². The maximum atomic E-state index is 4.40. The van der Waals surface area contributed by atoms with Crippen LogP contribution < -0.4 is 5.32 Å². The summed E-state index contributed by atoms with van der Waals surface area (Å²) in [5, 5.41) is 3.37. The van der Waals surface area contributed by atoms with Gasteiger partial charge in [0, 0.05) is 25.3 Å². The molecule has 96 valence electrons. The summed E-state index contributed by atoms with van der Waals surface area (Å²) in [7, 11) is 0. The SMILES string of the molecule is Cc1ccc(Cn2cnc(CNC(C)C)c2)cc1. The molecule has 1 heterocycles. The van der Waals surface area contributed by atoms with Crippen LogP contribution in [-0.4, -0.2) is 15.6 Å². The summed E-state index contributed by atoms with van der Waals surface area (Å²) < 4.78 is 2.13. The quantitative estimate of drug-likeness (QED) is 0.875. The van der Waals surface area contributed by atoms with Gasteiger partial charge in [-0.1, -0.05) is 43.7 Å². The van der Waals surface area contributed by atoms with E-state index in [4.69, 9.17) is 0 Å². The molecule has 3 nitrogen and oxygen atoms in total. The minimum atomic E-state index is 0.493. The Hall–Kier alpha value is -1.61. The van der Waals surface area contributed by atoms with Crippen molar-refractivity contribution in [3.8, 4) is 0 Å². The monoisotopic (exact) mass is 243 g/mol. The molecule has 2 aromatic rings. The number of aromatic nitrogens is 2. The number of rotatable bonds is 5. The van der Waals surface area contributed by atoms with E-state index >= 15 is 0 Å². The highest BCUT2D eigenvalue weighted by atomic mass is 15.0.